The van der Waals surface area contributed by atoms with Gasteiger partial charge in [-0.05, 0) is 18.2 Å². The van der Waals surface area contributed by atoms with E-state index in [0.717, 1.165) is 23.5 Å². The van der Waals surface area contributed by atoms with Crippen LogP contribution in [0.5, 0.6) is 11.5 Å². The molecule has 3 rings (SSSR count). The van der Waals surface area contributed by atoms with E-state index < -0.39 is 0 Å². The maximum Gasteiger partial charge on any atom is 0.171 e. The predicted molar refractivity (Wildman–Crippen MR) is 81.5 cm³/mol. The van der Waals surface area contributed by atoms with Crippen LogP contribution in [0.25, 0.3) is 0 Å². The van der Waals surface area contributed by atoms with E-state index in [1.165, 1.54) is 0 Å². The smallest absolute Gasteiger partial charge is 0.171 e. The average molecular weight is 283 g/mol. The number of rotatable bonds is 4. The monoisotopic (exact) mass is 283 g/mol. The summed E-state index contributed by atoms with van der Waals surface area (Å²) in [5.74, 6) is 1.42. The first-order chi connectivity index (χ1) is 10.3. The lowest BCUT2D eigenvalue weighted by Gasteiger charge is -2.21. The maximum atomic E-state index is 12.6. The minimum Gasteiger partial charge on any atom is -0.496 e. The highest BCUT2D eigenvalue weighted by Crippen LogP contribution is 2.32. The van der Waals surface area contributed by atoms with Gasteiger partial charge in [-0.3, -0.25) is 4.79 Å². The molecule has 1 N–H and O–H groups in total. The molecule has 1 heterocycles. The number of hydrogen-bond donors (Lipinski definition) is 1. The molecule has 0 radical (unpaired) electrons. The second kappa shape index (κ2) is 5.87. The number of fused-ring (bicyclic) bond motifs is 1. The zero-order chi connectivity index (χ0) is 14.7. The Morgan fingerprint density at radius 2 is 2.10 bits per heavy atom. The normalized spacial score (nSPS) is 12.8. The number of anilines is 1. The Hall–Kier alpha value is -2.49. The highest BCUT2D eigenvalue weighted by Gasteiger charge is 2.19. The molecule has 2 aromatic carbocycles. The van der Waals surface area contributed by atoms with Crippen LogP contribution >= 0.6 is 0 Å². The van der Waals surface area contributed by atoms with E-state index in [0.29, 0.717) is 24.3 Å². The molecule has 1 aliphatic rings. The molecule has 1 aliphatic heterocycles. The molecule has 0 saturated heterocycles. The number of methoxy groups -OCH3 is 1. The highest BCUT2D eigenvalue weighted by atomic mass is 16.5. The quantitative estimate of drug-likeness (QED) is 0.876. The zero-order valence-corrected chi connectivity index (χ0v) is 11.9. The molecule has 4 heteroatoms. The van der Waals surface area contributed by atoms with Gasteiger partial charge in [-0.15, -0.1) is 0 Å². The van der Waals surface area contributed by atoms with Gasteiger partial charge >= 0.3 is 0 Å². The third kappa shape index (κ3) is 2.70. The van der Waals surface area contributed by atoms with Crippen molar-refractivity contribution < 1.29 is 14.3 Å². The first kappa shape index (κ1) is 13.5. The van der Waals surface area contributed by atoms with Gasteiger partial charge < -0.3 is 14.8 Å². The number of carbonyl (C=O) groups excluding carboxylic acids is 1. The summed E-state index contributed by atoms with van der Waals surface area (Å²) in [7, 11) is 1.61. The molecule has 0 amide bonds. The summed E-state index contributed by atoms with van der Waals surface area (Å²) in [4.78, 5) is 12.6. The minimum atomic E-state index is 0.0278. The third-order valence-electron chi connectivity index (χ3n) is 3.52. The van der Waals surface area contributed by atoms with Crippen molar-refractivity contribution in [1.82, 2.24) is 0 Å². The first-order valence-corrected chi connectivity index (χ1v) is 6.94. The van der Waals surface area contributed by atoms with Crippen molar-refractivity contribution in [3.05, 3.63) is 53.6 Å². The van der Waals surface area contributed by atoms with Crippen LogP contribution < -0.4 is 14.8 Å². The second-order valence-electron chi connectivity index (χ2n) is 4.87. The number of nitrogens with one attached hydrogen (secondary N) is 1. The molecule has 0 unspecified atom stereocenters. The molecular weight excluding hydrogens is 266 g/mol. The molecule has 2 aromatic rings. The summed E-state index contributed by atoms with van der Waals surface area (Å²) in [5, 5.41) is 3.24. The first-order valence-electron chi connectivity index (χ1n) is 6.94. The molecule has 0 bridgehead atoms. The van der Waals surface area contributed by atoms with Crippen molar-refractivity contribution in [3.63, 3.8) is 0 Å². The highest BCUT2D eigenvalue weighted by molar-refractivity contribution is 6.02. The number of ether oxygens (including phenoxy) is 2. The van der Waals surface area contributed by atoms with Crippen LogP contribution in [0.1, 0.15) is 15.9 Å². The fourth-order valence-electron chi connectivity index (χ4n) is 2.51. The number of ketones is 1. The number of benzene rings is 2. The van der Waals surface area contributed by atoms with E-state index in [1.807, 2.05) is 42.5 Å². The van der Waals surface area contributed by atoms with Crippen LogP contribution in [0, 0.1) is 0 Å². The lowest BCUT2D eigenvalue weighted by molar-refractivity contribution is 0.0988. The lowest BCUT2D eigenvalue weighted by Crippen LogP contribution is -2.20. The minimum absolute atomic E-state index is 0.0278. The Bertz CT molecular complexity index is 667. The van der Waals surface area contributed by atoms with Crippen molar-refractivity contribution >= 4 is 11.5 Å². The molecule has 0 saturated carbocycles. The molecular formula is C17H17NO3. The van der Waals surface area contributed by atoms with Gasteiger partial charge in [0, 0.05) is 18.5 Å². The van der Waals surface area contributed by atoms with Crippen LogP contribution in [0.15, 0.2) is 42.5 Å². The number of Topliss-reactive ketones (excluding diaryl/α,β-unsaturated/α-hetero) is 1. The van der Waals surface area contributed by atoms with E-state index in [-0.39, 0.29) is 5.78 Å². The van der Waals surface area contributed by atoms with Gasteiger partial charge in [-0.1, -0.05) is 24.3 Å². The summed E-state index contributed by atoms with van der Waals surface area (Å²) in [6.07, 6.45) is 0.295. The van der Waals surface area contributed by atoms with Gasteiger partial charge in [0.05, 0.1) is 18.4 Å². The Morgan fingerprint density at radius 1 is 1.24 bits per heavy atom. The van der Waals surface area contributed by atoms with E-state index in [1.54, 1.807) is 7.11 Å². The fraction of sp³-hybridized carbons (Fsp3) is 0.235. The molecule has 0 spiro atoms. The van der Waals surface area contributed by atoms with Gasteiger partial charge in [-0.25, -0.2) is 0 Å². The average Bonchev–Trinajstić information content (AvgIpc) is 2.54. The van der Waals surface area contributed by atoms with E-state index in [2.05, 4.69) is 5.32 Å². The number of carbonyl (C=O) groups is 1. The second-order valence-corrected chi connectivity index (χ2v) is 4.87. The van der Waals surface area contributed by atoms with Gasteiger partial charge in [0.2, 0.25) is 0 Å². The lowest BCUT2D eigenvalue weighted by atomic mass is 10.0. The molecule has 0 aromatic heterocycles. The van der Waals surface area contributed by atoms with E-state index in [4.69, 9.17) is 9.47 Å². The molecule has 4 nitrogen and oxygen atoms in total. The van der Waals surface area contributed by atoms with E-state index >= 15 is 0 Å². The largest absolute Gasteiger partial charge is 0.496 e. The SMILES string of the molecule is COc1ccccc1CC(=O)c1cccc2c1OCCN2. The van der Waals surface area contributed by atoms with Gasteiger partial charge in [0.1, 0.15) is 12.4 Å². The topological polar surface area (TPSA) is 47.6 Å². The standard InChI is InChI=1S/C17H17NO3/c1-20-16-8-3-2-5-12(16)11-15(19)13-6-4-7-14-17(13)21-10-9-18-14/h2-8,18H,9-11H2,1H3. The van der Waals surface area contributed by atoms with Crippen LogP contribution in [-0.2, 0) is 6.42 Å². The summed E-state index contributed by atoms with van der Waals surface area (Å²) < 4.78 is 11.0. The third-order valence-corrected chi connectivity index (χ3v) is 3.52. The Kier molecular flexibility index (Phi) is 3.77. The van der Waals surface area contributed by atoms with Crippen molar-refractivity contribution in [3.8, 4) is 11.5 Å². The Labute approximate surface area is 123 Å². The van der Waals surface area contributed by atoms with Crippen LogP contribution in [0.4, 0.5) is 5.69 Å². The summed E-state index contributed by atoms with van der Waals surface area (Å²) in [6, 6.07) is 13.2. The Morgan fingerprint density at radius 3 is 2.95 bits per heavy atom. The fourth-order valence-corrected chi connectivity index (χ4v) is 2.51. The van der Waals surface area contributed by atoms with Crippen molar-refractivity contribution in [2.24, 2.45) is 0 Å². The number of para-hydroxylation sites is 2. The van der Waals surface area contributed by atoms with Crippen molar-refractivity contribution in [2.75, 3.05) is 25.6 Å². The van der Waals surface area contributed by atoms with Crippen LogP contribution in [0.3, 0.4) is 0 Å². The molecule has 21 heavy (non-hydrogen) atoms. The predicted octanol–water partition coefficient (Wildman–Crippen LogP) is 2.92. The molecule has 0 fully saturated rings. The zero-order valence-electron chi connectivity index (χ0n) is 11.9. The summed E-state index contributed by atoms with van der Waals surface area (Å²) in [6.45, 7) is 1.34. The van der Waals surface area contributed by atoms with Crippen LogP contribution in [0.2, 0.25) is 0 Å². The summed E-state index contributed by atoms with van der Waals surface area (Å²) in [5.41, 5.74) is 2.38. The van der Waals surface area contributed by atoms with Gasteiger partial charge in [0.15, 0.2) is 11.5 Å². The van der Waals surface area contributed by atoms with Crippen molar-refractivity contribution in [1.29, 1.82) is 0 Å². The van der Waals surface area contributed by atoms with E-state index in [9.17, 15) is 4.79 Å². The Balaban J connectivity index is 1.89. The van der Waals surface area contributed by atoms with Gasteiger partial charge in [0.25, 0.3) is 0 Å². The molecule has 0 aliphatic carbocycles. The maximum absolute atomic E-state index is 12.6. The van der Waals surface area contributed by atoms with Crippen LogP contribution in [-0.4, -0.2) is 26.0 Å². The van der Waals surface area contributed by atoms with Gasteiger partial charge in [-0.2, -0.15) is 0 Å². The number of hydrogen-bond acceptors (Lipinski definition) is 4. The summed E-state index contributed by atoms with van der Waals surface area (Å²) >= 11 is 0. The molecule has 0 atom stereocenters. The van der Waals surface area contributed by atoms with Crippen molar-refractivity contribution in [2.45, 2.75) is 6.42 Å². The molecule has 108 valence electrons.